The van der Waals surface area contributed by atoms with Crippen LogP contribution in [0.1, 0.15) is 26.3 Å². The zero-order valence-corrected chi connectivity index (χ0v) is 12.8. The lowest BCUT2D eigenvalue weighted by Crippen LogP contribution is -2.43. The third kappa shape index (κ3) is 5.49. The fraction of sp³-hybridized carbons (Fsp3) is 0.533. The van der Waals surface area contributed by atoms with Gasteiger partial charge >= 0.3 is 5.97 Å². The van der Waals surface area contributed by atoms with Crippen LogP contribution in [0.3, 0.4) is 0 Å². The van der Waals surface area contributed by atoms with Crippen LogP contribution in [0.4, 0.5) is 0 Å². The first-order chi connectivity index (χ1) is 9.20. The minimum absolute atomic E-state index is 0.331. The van der Waals surface area contributed by atoms with Gasteiger partial charge in [0, 0.05) is 0 Å². The maximum atomic E-state index is 12.2. The highest BCUT2D eigenvalue weighted by Gasteiger charge is 2.34. The van der Waals surface area contributed by atoms with Crippen molar-refractivity contribution < 1.29 is 14.6 Å². The Kier molecular flexibility index (Phi) is 5.99. The Bertz CT molecular complexity index is 428. The molecule has 1 aromatic carbocycles. The van der Waals surface area contributed by atoms with Crippen molar-refractivity contribution >= 4 is 17.6 Å². The minimum Gasteiger partial charge on any atom is -0.460 e. The zero-order valence-electron chi connectivity index (χ0n) is 12.0. The number of aliphatic hydroxyl groups excluding tert-OH is 1. The number of carbonyl (C=O) groups is 1. The molecule has 0 fully saturated rings. The quantitative estimate of drug-likeness (QED) is 0.496. The van der Waals surface area contributed by atoms with Gasteiger partial charge in [0.25, 0.3) is 0 Å². The van der Waals surface area contributed by atoms with Crippen LogP contribution in [0.25, 0.3) is 0 Å². The largest absolute Gasteiger partial charge is 0.460 e. The molecule has 0 aliphatic carbocycles. The van der Waals surface area contributed by atoms with E-state index in [9.17, 15) is 9.90 Å². The molecule has 0 heterocycles. The summed E-state index contributed by atoms with van der Waals surface area (Å²) < 4.78 is 5.33. The van der Waals surface area contributed by atoms with Crippen molar-refractivity contribution in [2.45, 2.75) is 44.4 Å². The summed E-state index contributed by atoms with van der Waals surface area (Å²) in [6, 6.07) is 9.38. The molecule has 0 saturated heterocycles. The second-order valence-electron chi connectivity index (χ2n) is 5.76. The van der Waals surface area contributed by atoms with Crippen LogP contribution in [0.5, 0.6) is 0 Å². The molecule has 0 spiro atoms. The molecule has 0 bridgehead atoms. The first-order valence-corrected chi connectivity index (χ1v) is 6.99. The van der Waals surface area contributed by atoms with Crippen molar-refractivity contribution in [3.8, 4) is 0 Å². The number of halogens is 1. The number of hydrogen-bond donors (Lipinski definition) is 2. The van der Waals surface area contributed by atoms with E-state index in [0.717, 1.165) is 5.56 Å². The summed E-state index contributed by atoms with van der Waals surface area (Å²) in [5, 5.41) is 10.1. The van der Waals surface area contributed by atoms with E-state index in [0.29, 0.717) is 6.42 Å². The second-order valence-corrected chi connectivity index (χ2v) is 6.27. The average Bonchev–Trinajstić information content (AvgIpc) is 2.34. The molecule has 0 aliphatic heterocycles. The summed E-state index contributed by atoms with van der Waals surface area (Å²) in [7, 11) is 0. The average molecular weight is 300 g/mol. The number of benzene rings is 1. The number of nitrogens with two attached hydrogens (primary N) is 1. The number of aliphatic hydroxyl groups is 1. The van der Waals surface area contributed by atoms with Gasteiger partial charge in [-0.2, -0.15) is 0 Å². The van der Waals surface area contributed by atoms with Gasteiger partial charge in [-0.3, -0.25) is 4.79 Å². The molecule has 4 nitrogen and oxygen atoms in total. The lowest BCUT2D eigenvalue weighted by Gasteiger charge is -2.27. The molecule has 0 aromatic heterocycles. The molecular formula is C15H22ClNO3. The Balaban J connectivity index is 2.88. The van der Waals surface area contributed by atoms with Crippen LogP contribution in [0.2, 0.25) is 0 Å². The Morgan fingerprint density at radius 1 is 1.35 bits per heavy atom. The first kappa shape index (κ1) is 17.0. The number of alkyl halides is 1. The zero-order chi connectivity index (χ0) is 15.3. The standard InChI is InChI=1S/C15H22ClNO3/c1-15(2,3)20-14(19)11(12(18)13(16)17)9-10-7-5-4-6-8-10/h4-8,11-13,18H,9,17H2,1-3H3. The van der Waals surface area contributed by atoms with Crippen molar-refractivity contribution in [3.63, 3.8) is 0 Å². The smallest absolute Gasteiger partial charge is 0.312 e. The van der Waals surface area contributed by atoms with E-state index in [1.165, 1.54) is 0 Å². The summed E-state index contributed by atoms with van der Waals surface area (Å²) in [4.78, 5) is 12.2. The van der Waals surface area contributed by atoms with Gasteiger partial charge in [-0.05, 0) is 32.8 Å². The van der Waals surface area contributed by atoms with Crippen LogP contribution in [-0.4, -0.2) is 28.3 Å². The van der Waals surface area contributed by atoms with Crippen molar-refractivity contribution in [3.05, 3.63) is 35.9 Å². The number of ether oxygens (including phenoxy) is 1. The van der Waals surface area contributed by atoms with Gasteiger partial charge in [-0.25, -0.2) is 0 Å². The molecule has 0 radical (unpaired) electrons. The van der Waals surface area contributed by atoms with Crippen molar-refractivity contribution in [2.75, 3.05) is 0 Å². The van der Waals surface area contributed by atoms with Crippen molar-refractivity contribution in [2.24, 2.45) is 11.7 Å². The highest BCUT2D eigenvalue weighted by molar-refractivity contribution is 6.20. The maximum absolute atomic E-state index is 12.2. The summed E-state index contributed by atoms with van der Waals surface area (Å²) in [5.74, 6) is -1.28. The fourth-order valence-electron chi connectivity index (χ4n) is 1.81. The van der Waals surface area contributed by atoms with Crippen LogP contribution >= 0.6 is 11.6 Å². The number of rotatable bonds is 5. The molecule has 1 rings (SSSR count). The van der Waals surface area contributed by atoms with Gasteiger partial charge in [-0.1, -0.05) is 30.3 Å². The third-order valence-electron chi connectivity index (χ3n) is 2.75. The van der Waals surface area contributed by atoms with Crippen molar-refractivity contribution in [1.29, 1.82) is 0 Å². The molecule has 20 heavy (non-hydrogen) atoms. The van der Waals surface area contributed by atoms with E-state index in [-0.39, 0.29) is 0 Å². The van der Waals surface area contributed by atoms with E-state index in [1.807, 2.05) is 30.3 Å². The minimum atomic E-state index is -1.16. The van der Waals surface area contributed by atoms with Crippen LogP contribution in [-0.2, 0) is 16.0 Å². The van der Waals surface area contributed by atoms with E-state index in [4.69, 9.17) is 22.1 Å². The Morgan fingerprint density at radius 2 is 1.90 bits per heavy atom. The molecule has 1 aromatic rings. The van der Waals surface area contributed by atoms with Gasteiger partial charge in [0.05, 0.1) is 12.0 Å². The van der Waals surface area contributed by atoms with Gasteiger partial charge in [0.15, 0.2) is 0 Å². The van der Waals surface area contributed by atoms with E-state index in [2.05, 4.69) is 0 Å². The van der Waals surface area contributed by atoms with E-state index < -0.39 is 29.1 Å². The second kappa shape index (κ2) is 7.07. The highest BCUT2D eigenvalue weighted by atomic mass is 35.5. The van der Waals surface area contributed by atoms with E-state index >= 15 is 0 Å². The molecule has 0 aliphatic rings. The number of hydrogen-bond acceptors (Lipinski definition) is 4. The Labute approximate surface area is 124 Å². The highest BCUT2D eigenvalue weighted by Crippen LogP contribution is 2.20. The molecule has 3 atom stereocenters. The Morgan fingerprint density at radius 3 is 2.35 bits per heavy atom. The number of esters is 1. The monoisotopic (exact) mass is 299 g/mol. The molecule has 0 amide bonds. The molecule has 112 valence electrons. The summed E-state index contributed by atoms with van der Waals surface area (Å²) in [6.07, 6.45) is -0.830. The Hall–Kier alpha value is -1.10. The molecule has 0 saturated carbocycles. The fourth-order valence-corrected chi connectivity index (χ4v) is 1.99. The van der Waals surface area contributed by atoms with Gasteiger partial charge < -0.3 is 15.6 Å². The summed E-state index contributed by atoms with van der Waals surface area (Å²) >= 11 is 5.72. The predicted molar refractivity (Wildman–Crippen MR) is 79.3 cm³/mol. The topological polar surface area (TPSA) is 72.5 Å². The molecular weight excluding hydrogens is 278 g/mol. The number of carbonyl (C=O) groups excluding carboxylic acids is 1. The molecule has 3 N–H and O–H groups in total. The van der Waals surface area contributed by atoms with E-state index in [1.54, 1.807) is 20.8 Å². The van der Waals surface area contributed by atoms with Gasteiger partial charge in [0.2, 0.25) is 0 Å². The van der Waals surface area contributed by atoms with Crippen LogP contribution in [0, 0.1) is 5.92 Å². The maximum Gasteiger partial charge on any atom is 0.312 e. The summed E-state index contributed by atoms with van der Waals surface area (Å²) in [5.41, 5.74) is 4.78. The van der Waals surface area contributed by atoms with Crippen LogP contribution in [0.15, 0.2) is 30.3 Å². The van der Waals surface area contributed by atoms with Crippen molar-refractivity contribution in [1.82, 2.24) is 0 Å². The van der Waals surface area contributed by atoms with Gasteiger partial charge in [0.1, 0.15) is 11.1 Å². The molecule has 3 unspecified atom stereocenters. The SMILES string of the molecule is CC(C)(C)OC(=O)C(Cc1ccccc1)C(O)C(N)Cl. The molecule has 5 heteroatoms. The lowest BCUT2D eigenvalue weighted by atomic mass is 9.93. The predicted octanol–water partition coefficient (Wildman–Crippen LogP) is 2.07. The third-order valence-corrected chi connectivity index (χ3v) is 3.00. The normalized spacial score (nSPS) is 16.3. The lowest BCUT2D eigenvalue weighted by molar-refractivity contribution is -0.164. The summed E-state index contributed by atoms with van der Waals surface area (Å²) in [6.45, 7) is 5.33. The van der Waals surface area contributed by atoms with Gasteiger partial charge in [-0.15, -0.1) is 11.6 Å². The van der Waals surface area contributed by atoms with Crippen LogP contribution < -0.4 is 5.73 Å². The first-order valence-electron chi connectivity index (χ1n) is 6.55.